The van der Waals surface area contributed by atoms with Crippen molar-refractivity contribution in [1.29, 1.82) is 0 Å². The molecule has 7 nitrogen and oxygen atoms in total. The first-order chi connectivity index (χ1) is 13.6. The van der Waals surface area contributed by atoms with E-state index in [1.807, 2.05) is 37.3 Å². The molecular formula is C21H23N3O4. The van der Waals surface area contributed by atoms with Gasteiger partial charge in [-0.3, -0.25) is 14.6 Å². The normalized spacial score (nSPS) is 24.6. The molecule has 2 fully saturated rings. The molecule has 2 aromatic rings. The molecule has 2 aliphatic rings. The first-order valence-corrected chi connectivity index (χ1v) is 9.38. The Hall–Kier alpha value is -2.93. The van der Waals surface area contributed by atoms with Crippen molar-refractivity contribution < 1.29 is 19.1 Å². The van der Waals surface area contributed by atoms with Gasteiger partial charge in [0.2, 0.25) is 0 Å². The number of morpholine rings is 1. The molecule has 0 radical (unpaired) electrons. The van der Waals surface area contributed by atoms with Crippen LogP contribution >= 0.6 is 0 Å². The van der Waals surface area contributed by atoms with Crippen LogP contribution in [0.3, 0.4) is 0 Å². The molecule has 1 aromatic carbocycles. The number of ether oxygens (including phenoxy) is 2. The molecule has 4 rings (SSSR count). The van der Waals surface area contributed by atoms with E-state index in [4.69, 9.17) is 9.47 Å². The number of carbonyl (C=O) groups excluding carboxylic acids is 2. The Balaban J connectivity index is 1.50. The lowest BCUT2D eigenvalue weighted by molar-refractivity contribution is -0.157. The van der Waals surface area contributed by atoms with Crippen LogP contribution < -0.4 is 9.64 Å². The number of benzene rings is 1. The van der Waals surface area contributed by atoms with Crippen LogP contribution in [-0.2, 0) is 14.3 Å². The van der Waals surface area contributed by atoms with E-state index in [0.717, 1.165) is 5.69 Å². The van der Waals surface area contributed by atoms with Crippen molar-refractivity contribution in [3.63, 3.8) is 0 Å². The van der Waals surface area contributed by atoms with E-state index in [-0.39, 0.29) is 31.1 Å². The van der Waals surface area contributed by atoms with Crippen molar-refractivity contribution >= 4 is 17.5 Å². The van der Waals surface area contributed by atoms with Crippen LogP contribution in [0, 0.1) is 0 Å². The Morgan fingerprint density at radius 2 is 2.11 bits per heavy atom. The topological polar surface area (TPSA) is 72.0 Å². The number of pyridine rings is 1. The van der Waals surface area contributed by atoms with E-state index < -0.39 is 5.60 Å². The first kappa shape index (κ1) is 18.4. The minimum Gasteiger partial charge on any atom is -0.482 e. The lowest BCUT2D eigenvalue weighted by atomic mass is 9.85. The van der Waals surface area contributed by atoms with Crippen LogP contribution in [-0.4, -0.2) is 59.6 Å². The average Bonchev–Trinajstić information content (AvgIpc) is 2.73. The predicted octanol–water partition coefficient (Wildman–Crippen LogP) is 1.88. The van der Waals surface area contributed by atoms with Crippen LogP contribution in [0.5, 0.6) is 5.75 Å². The Morgan fingerprint density at radius 1 is 1.29 bits per heavy atom. The number of fused-ring (bicyclic) bond motifs is 1. The molecule has 3 heterocycles. The second kappa shape index (κ2) is 7.59. The number of piperidine rings is 1. The van der Waals surface area contributed by atoms with Gasteiger partial charge in [0.1, 0.15) is 12.4 Å². The lowest BCUT2D eigenvalue weighted by Crippen LogP contribution is -2.68. The van der Waals surface area contributed by atoms with Crippen molar-refractivity contribution in [3.05, 3.63) is 54.9 Å². The summed E-state index contributed by atoms with van der Waals surface area (Å²) in [5.41, 5.74) is 0.345. The standard InChI is InChI=1S/C21H23N3O4/c1-21-9-11-23(19(25)14-27-17-8-5-10-22-12-17)13-18(21)24(20(26)15-28-21)16-6-3-2-4-7-16/h2-8,10,12,18H,9,11,13-15H2,1H3/t18-,21-/m1/s1. The van der Waals surface area contributed by atoms with E-state index in [9.17, 15) is 9.59 Å². The fourth-order valence-electron chi connectivity index (χ4n) is 3.82. The number of likely N-dealkylation sites (tertiary alicyclic amines) is 1. The molecule has 146 valence electrons. The number of hydrogen-bond donors (Lipinski definition) is 0. The SMILES string of the molecule is C[C@@]12CCN(C(=O)COc3cccnc3)C[C@H]1N(c1ccccc1)C(=O)CO2. The zero-order valence-corrected chi connectivity index (χ0v) is 15.8. The monoisotopic (exact) mass is 381 g/mol. The summed E-state index contributed by atoms with van der Waals surface area (Å²) >= 11 is 0. The molecule has 0 spiro atoms. The molecule has 2 atom stereocenters. The van der Waals surface area contributed by atoms with Gasteiger partial charge in [0, 0.05) is 25.0 Å². The second-order valence-corrected chi connectivity index (χ2v) is 7.28. The van der Waals surface area contributed by atoms with Gasteiger partial charge in [0.05, 0.1) is 17.8 Å². The van der Waals surface area contributed by atoms with Gasteiger partial charge in [-0.05, 0) is 37.6 Å². The summed E-state index contributed by atoms with van der Waals surface area (Å²) in [6, 6.07) is 12.8. The van der Waals surface area contributed by atoms with Gasteiger partial charge in [-0.1, -0.05) is 18.2 Å². The van der Waals surface area contributed by atoms with Crippen LogP contribution in [0.4, 0.5) is 5.69 Å². The number of amides is 2. The highest BCUT2D eigenvalue weighted by Crippen LogP contribution is 2.36. The molecule has 2 amide bonds. The molecule has 0 bridgehead atoms. The number of nitrogens with zero attached hydrogens (tertiary/aromatic N) is 3. The van der Waals surface area contributed by atoms with Crippen molar-refractivity contribution in [2.45, 2.75) is 25.0 Å². The smallest absolute Gasteiger partial charge is 0.260 e. The highest BCUT2D eigenvalue weighted by atomic mass is 16.5. The highest BCUT2D eigenvalue weighted by Gasteiger charge is 2.49. The number of rotatable bonds is 4. The highest BCUT2D eigenvalue weighted by molar-refractivity contribution is 5.96. The molecular weight excluding hydrogens is 358 g/mol. The van der Waals surface area contributed by atoms with Crippen LogP contribution in [0.15, 0.2) is 54.9 Å². The van der Waals surface area contributed by atoms with Gasteiger partial charge < -0.3 is 19.3 Å². The Kier molecular flexibility index (Phi) is 5.00. The van der Waals surface area contributed by atoms with Crippen molar-refractivity contribution in [3.8, 4) is 5.75 Å². The summed E-state index contributed by atoms with van der Waals surface area (Å²) in [6.07, 6.45) is 3.89. The Bertz CT molecular complexity index is 845. The molecule has 0 aliphatic carbocycles. The van der Waals surface area contributed by atoms with Gasteiger partial charge in [-0.2, -0.15) is 0 Å². The number of aromatic nitrogens is 1. The van der Waals surface area contributed by atoms with E-state index in [1.54, 1.807) is 34.3 Å². The van der Waals surface area contributed by atoms with Gasteiger partial charge in [-0.25, -0.2) is 0 Å². The maximum absolute atomic E-state index is 12.7. The van der Waals surface area contributed by atoms with Crippen molar-refractivity contribution in [2.75, 3.05) is 31.2 Å². The molecule has 7 heteroatoms. The summed E-state index contributed by atoms with van der Waals surface area (Å²) in [7, 11) is 0. The minimum absolute atomic E-state index is 0.0555. The van der Waals surface area contributed by atoms with E-state index >= 15 is 0 Å². The maximum atomic E-state index is 12.7. The fourth-order valence-corrected chi connectivity index (χ4v) is 3.82. The molecule has 28 heavy (non-hydrogen) atoms. The third-order valence-corrected chi connectivity index (χ3v) is 5.47. The second-order valence-electron chi connectivity index (χ2n) is 7.28. The lowest BCUT2D eigenvalue weighted by Gasteiger charge is -2.52. The van der Waals surface area contributed by atoms with Crippen LogP contribution in [0.1, 0.15) is 13.3 Å². The third kappa shape index (κ3) is 3.57. The summed E-state index contributed by atoms with van der Waals surface area (Å²) in [5, 5.41) is 0. The molecule has 2 aliphatic heterocycles. The van der Waals surface area contributed by atoms with Gasteiger partial charge in [-0.15, -0.1) is 0 Å². The number of anilines is 1. The molecule has 1 aromatic heterocycles. The summed E-state index contributed by atoms with van der Waals surface area (Å²) in [5.74, 6) is 0.353. The number of carbonyl (C=O) groups is 2. The minimum atomic E-state index is -0.481. The average molecular weight is 381 g/mol. The molecule has 0 N–H and O–H groups in total. The summed E-state index contributed by atoms with van der Waals surface area (Å²) in [4.78, 5) is 32.9. The van der Waals surface area contributed by atoms with Crippen LogP contribution in [0.25, 0.3) is 0 Å². The Morgan fingerprint density at radius 3 is 2.86 bits per heavy atom. The largest absolute Gasteiger partial charge is 0.482 e. The molecule has 0 saturated carbocycles. The predicted molar refractivity (Wildman–Crippen MR) is 103 cm³/mol. The Labute approximate surface area is 163 Å². The van der Waals surface area contributed by atoms with Crippen molar-refractivity contribution in [2.24, 2.45) is 0 Å². The summed E-state index contributed by atoms with van der Waals surface area (Å²) in [6.45, 7) is 2.99. The number of hydrogen-bond acceptors (Lipinski definition) is 5. The third-order valence-electron chi connectivity index (χ3n) is 5.47. The zero-order chi connectivity index (χ0) is 19.6. The van der Waals surface area contributed by atoms with Gasteiger partial charge in [0.25, 0.3) is 11.8 Å². The van der Waals surface area contributed by atoms with E-state index in [0.29, 0.717) is 25.3 Å². The summed E-state index contributed by atoms with van der Waals surface area (Å²) < 4.78 is 11.5. The molecule has 2 saturated heterocycles. The maximum Gasteiger partial charge on any atom is 0.260 e. The fraction of sp³-hybridized carbons (Fsp3) is 0.381. The van der Waals surface area contributed by atoms with E-state index in [2.05, 4.69) is 4.98 Å². The quantitative estimate of drug-likeness (QED) is 0.809. The van der Waals surface area contributed by atoms with Gasteiger partial charge in [0.15, 0.2) is 6.61 Å². The number of para-hydroxylation sites is 1. The first-order valence-electron chi connectivity index (χ1n) is 9.38. The zero-order valence-electron chi connectivity index (χ0n) is 15.8. The molecule has 0 unspecified atom stereocenters. The van der Waals surface area contributed by atoms with Crippen molar-refractivity contribution in [1.82, 2.24) is 9.88 Å². The van der Waals surface area contributed by atoms with E-state index in [1.165, 1.54) is 0 Å². The van der Waals surface area contributed by atoms with Crippen LogP contribution in [0.2, 0.25) is 0 Å². The van der Waals surface area contributed by atoms with Gasteiger partial charge >= 0.3 is 0 Å².